The summed E-state index contributed by atoms with van der Waals surface area (Å²) in [7, 11) is 1.44. The summed E-state index contributed by atoms with van der Waals surface area (Å²) in [6.45, 7) is 2.59. The van der Waals surface area contributed by atoms with Crippen LogP contribution in [0.15, 0.2) is 47.4 Å². The van der Waals surface area contributed by atoms with Crippen LogP contribution in [0.25, 0.3) is 10.9 Å². The van der Waals surface area contributed by atoms with E-state index in [1.54, 1.807) is 24.3 Å². The van der Waals surface area contributed by atoms with Crippen molar-refractivity contribution >= 4 is 33.4 Å². The average Bonchev–Trinajstić information content (AvgIpc) is 3.32. The van der Waals surface area contributed by atoms with Crippen molar-refractivity contribution in [2.45, 2.75) is 55.4 Å². The summed E-state index contributed by atoms with van der Waals surface area (Å²) in [5.74, 6) is 6.18. The Morgan fingerprint density at radius 2 is 1.86 bits per heavy atom. The molecule has 1 aromatic heterocycles. The zero-order valence-corrected chi connectivity index (χ0v) is 24.2. The highest BCUT2D eigenvalue weighted by atomic mass is 32.2. The lowest BCUT2D eigenvalue weighted by Gasteiger charge is -2.39. The van der Waals surface area contributed by atoms with E-state index in [4.69, 9.17) is 9.47 Å². The lowest BCUT2D eigenvalue weighted by molar-refractivity contribution is -0.140. The minimum atomic E-state index is -4.41. The molecule has 2 fully saturated rings. The van der Waals surface area contributed by atoms with Crippen molar-refractivity contribution in [2.24, 2.45) is 0 Å². The highest BCUT2D eigenvalue weighted by molar-refractivity contribution is 7.79. The number of hydrogen-bond donors (Lipinski definition) is 3. The van der Waals surface area contributed by atoms with E-state index < -0.39 is 23.8 Å². The average molecular weight is 605 g/mol. The molecule has 2 aliphatic rings. The standard InChI is InChI=1S/C30H35F3N4O4S/c1-40-29-19-24(42(38)39)7-8-27(29)34-13-3-4-23-18-25-26(5-2-6-28(25)37(23)20-30(31,32)33)35-21-9-14-36(15-10-21)22-11-16-41-17-12-22/h2,5-8,18-19,21-22,34-35H,9-17,20H2,1H3,(H,38,39). The maximum atomic E-state index is 13.6. The van der Waals surface area contributed by atoms with Crippen LogP contribution in [-0.2, 0) is 22.4 Å². The molecule has 0 amide bonds. The van der Waals surface area contributed by atoms with Gasteiger partial charge in [0, 0.05) is 55.5 Å². The second-order valence-corrected chi connectivity index (χ2v) is 11.5. The Balaban J connectivity index is 1.32. The van der Waals surface area contributed by atoms with Gasteiger partial charge in [-0.15, -0.1) is 0 Å². The third kappa shape index (κ3) is 7.39. The second-order valence-electron chi connectivity index (χ2n) is 10.5. The van der Waals surface area contributed by atoms with Crippen LogP contribution in [0.4, 0.5) is 24.5 Å². The summed E-state index contributed by atoms with van der Waals surface area (Å²) in [5, 5.41) is 7.37. The van der Waals surface area contributed by atoms with E-state index in [1.165, 1.54) is 23.8 Å². The Morgan fingerprint density at radius 3 is 2.55 bits per heavy atom. The summed E-state index contributed by atoms with van der Waals surface area (Å²) in [6.07, 6.45) is -0.352. The molecule has 0 radical (unpaired) electrons. The molecule has 2 aliphatic heterocycles. The first-order valence-corrected chi connectivity index (χ1v) is 15.1. The van der Waals surface area contributed by atoms with Crippen LogP contribution in [0.3, 0.4) is 0 Å². The molecule has 0 aliphatic carbocycles. The lowest BCUT2D eigenvalue weighted by Crippen LogP contribution is -2.46. The van der Waals surface area contributed by atoms with Gasteiger partial charge in [-0.05, 0) is 61.9 Å². The summed E-state index contributed by atoms with van der Waals surface area (Å²) in [6, 6.07) is 12.4. The Morgan fingerprint density at radius 1 is 1.10 bits per heavy atom. The molecule has 12 heteroatoms. The fourth-order valence-corrected chi connectivity index (χ4v) is 6.14. The number of halogens is 3. The maximum absolute atomic E-state index is 13.6. The fraction of sp³-hybridized carbons (Fsp3) is 0.467. The topological polar surface area (TPSA) is 88.0 Å². The SMILES string of the molecule is COc1cc(S(=O)O)ccc1NCC#Cc1cc2c(NC3CCN(C4CCOCC4)CC3)cccc2n1CC(F)(F)F. The van der Waals surface area contributed by atoms with Crippen molar-refractivity contribution < 1.29 is 31.4 Å². The van der Waals surface area contributed by atoms with Crippen LogP contribution in [0.2, 0.25) is 0 Å². The van der Waals surface area contributed by atoms with Gasteiger partial charge < -0.3 is 34.1 Å². The second kappa shape index (κ2) is 13.4. The molecule has 5 rings (SSSR count). The van der Waals surface area contributed by atoms with Gasteiger partial charge in [0.25, 0.3) is 0 Å². The van der Waals surface area contributed by atoms with E-state index in [9.17, 15) is 21.9 Å². The first-order chi connectivity index (χ1) is 20.2. The Labute approximate surface area is 245 Å². The quantitative estimate of drug-likeness (QED) is 0.237. The van der Waals surface area contributed by atoms with Gasteiger partial charge in [-0.3, -0.25) is 0 Å². The van der Waals surface area contributed by atoms with Gasteiger partial charge in [0.2, 0.25) is 0 Å². The van der Waals surface area contributed by atoms with E-state index in [2.05, 4.69) is 27.4 Å². The zero-order valence-electron chi connectivity index (χ0n) is 23.4. The molecular weight excluding hydrogens is 569 g/mol. The number of piperidine rings is 1. The van der Waals surface area contributed by atoms with Crippen LogP contribution in [-0.4, -0.2) is 76.4 Å². The molecule has 2 saturated heterocycles. The molecule has 1 atom stereocenters. The normalized spacial score (nSPS) is 17.9. The molecule has 3 heterocycles. The number of fused-ring (bicyclic) bond motifs is 1. The van der Waals surface area contributed by atoms with Gasteiger partial charge in [-0.25, -0.2) is 4.21 Å². The van der Waals surface area contributed by atoms with Gasteiger partial charge in [0.1, 0.15) is 12.3 Å². The molecular formula is C30H35F3N4O4S. The van der Waals surface area contributed by atoms with E-state index in [-0.39, 0.29) is 23.2 Å². The molecule has 226 valence electrons. The number of likely N-dealkylation sites (tertiary alicyclic amines) is 1. The minimum absolute atomic E-state index is 0.127. The highest BCUT2D eigenvalue weighted by Gasteiger charge is 2.30. The number of aromatic nitrogens is 1. The minimum Gasteiger partial charge on any atom is -0.495 e. The van der Waals surface area contributed by atoms with Crippen LogP contribution >= 0.6 is 0 Å². The van der Waals surface area contributed by atoms with E-state index in [1.807, 2.05) is 6.07 Å². The molecule has 0 spiro atoms. The molecule has 42 heavy (non-hydrogen) atoms. The van der Waals surface area contributed by atoms with Crippen molar-refractivity contribution in [3.05, 3.63) is 48.2 Å². The van der Waals surface area contributed by atoms with Gasteiger partial charge in [0.15, 0.2) is 11.1 Å². The number of hydrogen-bond acceptors (Lipinski definition) is 6. The fourth-order valence-electron chi connectivity index (χ4n) is 5.74. The first kappa shape index (κ1) is 30.2. The number of nitrogens with one attached hydrogen (secondary N) is 2. The number of methoxy groups -OCH3 is 1. The monoisotopic (exact) mass is 604 g/mol. The van der Waals surface area contributed by atoms with Crippen LogP contribution < -0.4 is 15.4 Å². The van der Waals surface area contributed by atoms with E-state index >= 15 is 0 Å². The van der Waals surface area contributed by atoms with Gasteiger partial charge >= 0.3 is 6.18 Å². The number of anilines is 2. The maximum Gasteiger partial charge on any atom is 0.406 e. The van der Waals surface area contributed by atoms with E-state index in [0.29, 0.717) is 28.4 Å². The zero-order chi connectivity index (χ0) is 29.7. The Hall–Kier alpha value is -3.24. The number of rotatable bonds is 8. The van der Waals surface area contributed by atoms with Gasteiger partial charge in [-0.1, -0.05) is 12.0 Å². The first-order valence-electron chi connectivity index (χ1n) is 14.0. The predicted molar refractivity (Wildman–Crippen MR) is 157 cm³/mol. The summed E-state index contributed by atoms with van der Waals surface area (Å²) >= 11 is -2.15. The summed E-state index contributed by atoms with van der Waals surface area (Å²) in [5.41, 5.74) is 2.10. The van der Waals surface area contributed by atoms with Gasteiger partial charge in [0.05, 0.1) is 35.4 Å². The molecule has 0 saturated carbocycles. The van der Waals surface area contributed by atoms with Crippen molar-refractivity contribution in [3.63, 3.8) is 0 Å². The van der Waals surface area contributed by atoms with Crippen molar-refractivity contribution in [1.82, 2.24) is 9.47 Å². The third-order valence-electron chi connectivity index (χ3n) is 7.84. The number of alkyl halides is 3. The molecule has 3 N–H and O–H groups in total. The van der Waals surface area contributed by atoms with Gasteiger partial charge in [-0.2, -0.15) is 13.2 Å². The van der Waals surface area contributed by atoms with Crippen molar-refractivity contribution in [1.29, 1.82) is 0 Å². The highest BCUT2D eigenvalue weighted by Crippen LogP contribution is 2.32. The predicted octanol–water partition coefficient (Wildman–Crippen LogP) is 5.31. The Kier molecular flexibility index (Phi) is 9.63. The summed E-state index contributed by atoms with van der Waals surface area (Å²) in [4.78, 5) is 2.73. The number of ether oxygens (including phenoxy) is 2. The van der Waals surface area contributed by atoms with E-state index in [0.717, 1.165) is 57.7 Å². The largest absolute Gasteiger partial charge is 0.495 e. The molecule has 3 aromatic rings. The molecule has 8 nitrogen and oxygen atoms in total. The summed E-state index contributed by atoms with van der Waals surface area (Å²) < 4.78 is 73.4. The molecule has 0 bridgehead atoms. The number of nitrogens with zero attached hydrogens (tertiary/aromatic N) is 2. The third-order valence-corrected chi connectivity index (χ3v) is 8.50. The lowest BCUT2D eigenvalue weighted by atomic mass is 9.99. The van der Waals surface area contributed by atoms with Crippen LogP contribution in [0, 0.1) is 11.8 Å². The Bertz CT molecular complexity index is 1470. The van der Waals surface area contributed by atoms with Crippen molar-refractivity contribution in [2.75, 3.05) is 50.6 Å². The van der Waals surface area contributed by atoms with Crippen LogP contribution in [0.5, 0.6) is 5.75 Å². The number of benzene rings is 2. The molecule has 1 unspecified atom stereocenters. The smallest absolute Gasteiger partial charge is 0.406 e. The van der Waals surface area contributed by atoms with Crippen molar-refractivity contribution in [3.8, 4) is 17.6 Å². The molecule has 2 aromatic carbocycles. The van der Waals surface area contributed by atoms with Crippen LogP contribution in [0.1, 0.15) is 31.4 Å².